The molecule has 0 amide bonds. The molecule has 1 aromatic carbocycles. The molecular weight excluding hydrogens is 172 g/mol. The first-order valence-electron chi connectivity index (χ1n) is 5.03. The summed E-state index contributed by atoms with van der Waals surface area (Å²) in [6, 6.07) is 8.44. The second kappa shape index (κ2) is 3.84. The monoisotopic (exact) mass is 188 g/mol. The minimum Gasteiger partial charge on any atom is -0.348 e. The van der Waals surface area contributed by atoms with Gasteiger partial charge in [-0.05, 0) is 23.6 Å². The van der Waals surface area contributed by atoms with Crippen molar-refractivity contribution in [3.05, 3.63) is 42.1 Å². The van der Waals surface area contributed by atoms with Gasteiger partial charge in [-0.2, -0.15) is 0 Å². The van der Waals surface area contributed by atoms with Crippen LogP contribution in [0.4, 0.5) is 5.69 Å². The van der Waals surface area contributed by atoms with E-state index in [-0.39, 0.29) is 0 Å². The van der Waals surface area contributed by atoms with Crippen molar-refractivity contribution in [1.82, 2.24) is 0 Å². The molecule has 1 unspecified atom stereocenters. The highest BCUT2D eigenvalue weighted by atomic mass is 15.1. The Kier molecular flexibility index (Phi) is 2.55. The molecule has 2 rings (SSSR count). The second-order valence-electron chi connectivity index (χ2n) is 3.84. The lowest BCUT2D eigenvalue weighted by Gasteiger charge is -2.17. The Morgan fingerprint density at radius 3 is 2.57 bits per heavy atom. The molecule has 2 heteroatoms. The third-order valence-corrected chi connectivity index (χ3v) is 2.58. The molecule has 74 valence electrons. The van der Waals surface area contributed by atoms with E-state index in [1.807, 2.05) is 0 Å². The van der Waals surface area contributed by atoms with Gasteiger partial charge in [-0.15, -0.1) is 0 Å². The van der Waals surface area contributed by atoms with E-state index in [1.54, 1.807) is 0 Å². The summed E-state index contributed by atoms with van der Waals surface area (Å²) >= 11 is 0. The number of benzene rings is 1. The first-order chi connectivity index (χ1) is 6.79. The quantitative estimate of drug-likeness (QED) is 0.770. The molecule has 0 bridgehead atoms. The van der Waals surface area contributed by atoms with Crippen LogP contribution in [0.2, 0.25) is 0 Å². The molecule has 0 saturated carbocycles. The summed E-state index contributed by atoms with van der Waals surface area (Å²) in [5.41, 5.74) is 7.99. The zero-order valence-electron chi connectivity index (χ0n) is 8.48. The maximum Gasteiger partial charge on any atom is 0.0406 e. The van der Waals surface area contributed by atoms with Crippen molar-refractivity contribution >= 4 is 5.69 Å². The Balaban J connectivity index is 2.14. The van der Waals surface area contributed by atoms with Crippen LogP contribution in [0.1, 0.15) is 12.5 Å². The number of anilines is 1. The van der Waals surface area contributed by atoms with E-state index < -0.39 is 0 Å². The molecule has 1 heterocycles. The zero-order valence-corrected chi connectivity index (χ0v) is 8.48. The molecule has 2 N–H and O–H groups in total. The third-order valence-electron chi connectivity index (χ3n) is 2.58. The van der Waals surface area contributed by atoms with E-state index in [2.05, 4.69) is 48.4 Å². The lowest BCUT2D eigenvalue weighted by Crippen LogP contribution is -2.15. The molecule has 1 atom stereocenters. The van der Waals surface area contributed by atoms with Gasteiger partial charge in [-0.3, -0.25) is 0 Å². The van der Waals surface area contributed by atoms with Gasteiger partial charge in [-0.1, -0.05) is 25.1 Å². The fourth-order valence-corrected chi connectivity index (χ4v) is 1.70. The standard InChI is InChI=1S/C12H16N2/c1-10-6-7-14(9-10)12-4-2-11(8-13)3-5-12/h2-7,10H,8-9,13H2,1H3. The molecule has 0 aliphatic carbocycles. The van der Waals surface area contributed by atoms with Gasteiger partial charge in [0.2, 0.25) is 0 Å². The summed E-state index contributed by atoms with van der Waals surface area (Å²) in [6.07, 6.45) is 4.39. The van der Waals surface area contributed by atoms with E-state index in [0.717, 1.165) is 6.54 Å². The van der Waals surface area contributed by atoms with Crippen molar-refractivity contribution in [1.29, 1.82) is 0 Å². The molecule has 1 aliphatic rings. The predicted molar refractivity (Wildman–Crippen MR) is 60.0 cm³/mol. The van der Waals surface area contributed by atoms with E-state index >= 15 is 0 Å². The van der Waals surface area contributed by atoms with Crippen molar-refractivity contribution in [2.75, 3.05) is 11.4 Å². The van der Waals surface area contributed by atoms with Crippen molar-refractivity contribution in [3.63, 3.8) is 0 Å². The summed E-state index contributed by atoms with van der Waals surface area (Å²) in [5, 5.41) is 0. The Bertz CT molecular complexity index is 327. The van der Waals surface area contributed by atoms with E-state index in [1.165, 1.54) is 11.3 Å². The van der Waals surface area contributed by atoms with Gasteiger partial charge in [0.1, 0.15) is 0 Å². The maximum atomic E-state index is 5.55. The van der Waals surface area contributed by atoms with Crippen molar-refractivity contribution < 1.29 is 0 Å². The maximum absolute atomic E-state index is 5.55. The van der Waals surface area contributed by atoms with Crippen molar-refractivity contribution in [2.45, 2.75) is 13.5 Å². The molecule has 1 aromatic rings. The van der Waals surface area contributed by atoms with Crippen LogP contribution in [0.5, 0.6) is 0 Å². The molecule has 2 nitrogen and oxygen atoms in total. The van der Waals surface area contributed by atoms with Gasteiger partial charge in [0.15, 0.2) is 0 Å². The summed E-state index contributed by atoms with van der Waals surface area (Å²) in [7, 11) is 0. The van der Waals surface area contributed by atoms with Gasteiger partial charge in [-0.25, -0.2) is 0 Å². The second-order valence-corrected chi connectivity index (χ2v) is 3.84. The minimum atomic E-state index is 0.618. The normalized spacial score (nSPS) is 20.4. The van der Waals surface area contributed by atoms with E-state index in [9.17, 15) is 0 Å². The topological polar surface area (TPSA) is 29.3 Å². The van der Waals surface area contributed by atoms with Gasteiger partial charge >= 0.3 is 0 Å². The lowest BCUT2D eigenvalue weighted by molar-refractivity contribution is 0.764. The average Bonchev–Trinajstić information content (AvgIpc) is 2.65. The highest BCUT2D eigenvalue weighted by Gasteiger charge is 2.12. The Morgan fingerprint density at radius 1 is 1.36 bits per heavy atom. The highest BCUT2D eigenvalue weighted by molar-refractivity contribution is 5.51. The first-order valence-corrected chi connectivity index (χ1v) is 5.03. The summed E-state index contributed by atoms with van der Waals surface area (Å²) in [5.74, 6) is 0.657. The molecule has 0 fully saturated rings. The van der Waals surface area contributed by atoms with Crippen LogP contribution in [0.3, 0.4) is 0 Å². The summed E-state index contributed by atoms with van der Waals surface area (Å²) < 4.78 is 0. The van der Waals surface area contributed by atoms with Crippen LogP contribution in [0.15, 0.2) is 36.5 Å². The van der Waals surface area contributed by atoms with Gasteiger partial charge in [0.05, 0.1) is 0 Å². The van der Waals surface area contributed by atoms with Crippen LogP contribution in [0.25, 0.3) is 0 Å². The summed E-state index contributed by atoms with van der Waals surface area (Å²) in [4.78, 5) is 2.27. The van der Waals surface area contributed by atoms with Gasteiger partial charge in [0, 0.05) is 25.0 Å². The fourth-order valence-electron chi connectivity index (χ4n) is 1.70. The molecule has 0 saturated heterocycles. The molecule has 0 radical (unpaired) electrons. The van der Waals surface area contributed by atoms with Crippen LogP contribution in [-0.2, 0) is 6.54 Å². The third kappa shape index (κ3) is 1.80. The zero-order chi connectivity index (χ0) is 9.97. The molecule has 0 aromatic heterocycles. The minimum absolute atomic E-state index is 0.618. The lowest BCUT2D eigenvalue weighted by atomic mass is 10.2. The van der Waals surface area contributed by atoms with Gasteiger partial charge in [0.25, 0.3) is 0 Å². The van der Waals surface area contributed by atoms with Crippen LogP contribution >= 0.6 is 0 Å². The average molecular weight is 188 g/mol. The molecule has 1 aliphatic heterocycles. The van der Waals surface area contributed by atoms with Gasteiger partial charge < -0.3 is 10.6 Å². The highest BCUT2D eigenvalue weighted by Crippen LogP contribution is 2.21. The predicted octanol–water partition coefficient (Wildman–Crippen LogP) is 2.12. The van der Waals surface area contributed by atoms with Crippen molar-refractivity contribution in [2.24, 2.45) is 11.7 Å². The number of nitrogens with two attached hydrogens (primary N) is 1. The Hall–Kier alpha value is -1.28. The van der Waals surface area contributed by atoms with Crippen LogP contribution < -0.4 is 10.6 Å². The molecule has 0 spiro atoms. The SMILES string of the molecule is CC1C=CN(c2ccc(CN)cc2)C1. The Morgan fingerprint density at radius 2 is 2.07 bits per heavy atom. The van der Waals surface area contributed by atoms with Crippen LogP contribution in [-0.4, -0.2) is 6.54 Å². The van der Waals surface area contributed by atoms with Crippen molar-refractivity contribution in [3.8, 4) is 0 Å². The fraction of sp³-hybridized carbons (Fsp3) is 0.333. The first kappa shape index (κ1) is 9.28. The van der Waals surface area contributed by atoms with E-state index in [0.29, 0.717) is 12.5 Å². The summed E-state index contributed by atoms with van der Waals surface area (Å²) in [6.45, 7) is 3.93. The Labute approximate surface area is 85.0 Å². The van der Waals surface area contributed by atoms with Crippen LogP contribution in [0, 0.1) is 5.92 Å². The molecular formula is C12H16N2. The number of hydrogen-bond donors (Lipinski definition) is 1. The largest absolute Gasteiger partial charge is 0.348 e. The van der Waals surface area contributed by atoms with E-state index in [4.69, 9.17) is 5.73 Å². The number of hydrogen-bond acceptors (Lipinski definition) is 2. The molecule has 14 heavy (non-hydrogen) atoms. The smallest absolute Gasteiger partial charge is 0.0406 e. The number of nitrogens with zero attached hydrogens (tertiary/aromatic N) is 1. The number of rotatable bonds is 2.